The zero-order valence-corrected chi connectivity index (χ0v) is 11.9. The van der Waals surface area contributed by atoms with Crippen LogP contribution in [0.2, 0.25) is 0 Å². The number of aromatic nitrogens is 3. The summed E-state index contributed by atoms with van der Waals surface area (Å²) < 4.78 is 0. The first-order valence-corrected chi connectivity index (χ1v) is 7.28. The standard InChI is InChI=1S/C16H15N5O/c22-16(15-12-5-3-7-14(12)19-20-15)21-18-9-10-8-17-13-6-2-1-4-11(10)13/h1-2,4,6,8-9,17H,3,5,7H2,(H,19,20)(H,21,22)/b18-9+. The molecule has 6 nitrogen and oxygen atoms in total. The Bertz CT molecular complexity index is 874. The van der Waals surface area contributed by atoms with E-state index in [0.717, 1.165) is 47.0 Å². The number of aryl methyl sites for hydroxylation is 1. The van der Waals surface area contributed by atoms with E-state index in [-0.39, 0.29) is 5.91 Å². The van der Waals surface area contributed by atoms with Gasteiger partial charge in [0.25, 0.3) is 5.91 Å². The van der Waals surface area contributed by atoms with E-state index in [1.807, 2.05) is 30.5 Å². The third kappa shape index (κ3) is 2.09. The maximum Gasteiger partial charge on any atom is 0.292 e. The lowest BCUT2D eigenvalue weighted by Gasteiger charge is -1.97. The Morgan fingerprint density at radius 1 is 1.32 bits per heavy atom. The van der Waals surface area contributed by atoms with E-state index in [4.69, 9.17) is 0 Å². The highest BCUT2D eigenvalue weighted by Crippen LogP contribution is 2.22. The van der Waals surface area contributed by atoms with Crippen molar-refractivity contribution < 1.29 is 4.79 Å². The van der Waals surface area contributed by atoms with Crippen molar-refractivity contribution in [2.75, 3.05) is 0 Å². The first kappa shape index (κ1) is 12.8. The molecule has 1 aliphatic rings. The van der Waals surface area contributed by atoms with Gasteiger partial charge in [-0.1, -0.05) is 18.2 Å². The molecule has 22 heavy (non-hydrogen) atoms. The zero-order chi connectivity index (χ0) is 14.9. The molecule has 1 amide bonds. The van der Waals surface area contributed by atoms with Gasteiger partial charge < -0.3 is 4.98 Å². The minimum absolute atomic E-state index is 0.268. The average molecular weight is 293 g/mol. The molecule has 3 N–H and O–H groups in total. The van der Waals surface area contributed by atoms with E-state index < -0.39 is 0 Å². The smallest absolute Gasteiger partial charge is 0.292 e. The number of carbonyl (C=O) groups excluding carboxylic acids is 1. The fourth-order valence-corrected chi connectivity index (χ4v) is 2.92. The Morgan fingerprint density at radius 2 is 2.23 bits per heavy atom. The number of hydrazone groups is 1. The van der Waals surface area contributed by atoms with Gasteiger partial charge in [-0.05, 0) is 25.3 Å². The first-order valence-electron chi connectivity index (χ1n) is 7.28. The Hall–Kier alpha value is -2.89. The number of amides is 1. The molecule has 0 radical (unpaired) electrons. The molecule has 6 heteroatoms. The molecular weight excluding hydrogens is 278 g/mol. The highest BCUT2D eigenvalue weighted by molar-refractivity contribution is 6.00. The number of hydrogen-bond donors (Lipinski definition) is 3. The summed E-state index contributed by atoms with van der Waals surface area (Å²) in [5, 5.41) is 12.1. The van der Waals surface area contributed by atoms with Gasteiger partial charge in [0.05, 0.1) is 6.21 Å². The Kier molecular flexibility index (Phi) is 3.00. The van der Waals surface area contributed by atoms with Crippen LogP contribution in [0.4, 0.5) is 0 Å². The van der Waals surface area contributed by atoms with Crippen LogP contribution in [0.15, 0.2) is 35.6 Å². The van der Waals surface area contributed by atoms with Gasteiger partial charge in [-0.3, -0.25) is 9.89 Å². The van der Waals surface area contributed by atoms with Gasteiger partial charge in [-0.2, -0.15) is 10.2 Å². The molecule has 2 heterocycles. The Labute approximate surface area is 126 Å². The van der Waals surface area contributed by atoms with Gasteiger partial charge in [-0.15, -0.1) is 0 Å². The van der Waals surface area contributed by atoms with E-state index >= 15 is 0 Å². The van der Waals surface area contributed by atoms with Crippen molar-refractivity contribution in [3.8, 4) is 0 Å². The molecule has 1 aliphatic carbocycles. The quantitative estimate of drug-likeness (QED) is 0.510. The predicted molar refractivity (Wildman–Crippen MR) is 84.0 cm³/mol. The summed E-state index contributed by atoms with van der Waals surface area (Å²) in [6.07, 6.45) is 6.45. The molecule has 0 unspecified atom stereocenters. The van der Waals surface area contributed by atoms with Crippen molar-refractivity contribution in [1.82, 2.24) is 20.6 Å². The van der Waals surface area contributed by atoms with E-state index in [2.05, 4.69) is 25.7 Å². The summed E-state index contributed by atoms with van der Waals surface area (Å²) in [7, 11) is 0. The molecule has 2 aromatic heterocycles. The molecule has 0 bridgehead atoms. The second-order valence-electron chi connectivity index (χ2n) is 5.37. The van der Waals surface area contributed by atoms with Crippen molar-refractivity contribution in [2.24, 2.45) is 5.10 Å². The summed E-state index contributed by atoms with van der Waals surface area (Å²) in [6, 6.07) is 7.95. The number of H-pyrrole nitrogens is 2. The summed E-state index contributed by atoms with van der Waals surface area (Å²) >= 11 is 0. The van der Waals surface area contributed by atoms with Crippen LogP contribution in [-0.4, -0.2) is 27.3 Å². The van der Waals surface area contributed by atoms with Gasteiger partial charge in [-0.25, -0.2) is 5.43 Å². The minimum atomic E-state index is -0.268. The summed E-state index contributed by atoms with van der Waals surface area (Å²) in [6.45, 7) is 0. The monoisotopic (exact) mass is 293 g/mol. The SMILES string of the molecule is O=C(N/N=C/c1c[nH]c2ccccc12)c1n[nH]c2c1CCC2. The van der Waals surface area contributed by atoms with Crippen molar-refractivity contribution in [1.29, 1.82) is 0 Å². The number of aromatic amines is 2. The van der Waals surface area contributed by atoms with E-state index in [1.165, 1.54) is 0 Å². The van der Waals surface area contributed by atoms with Crippen LogP contribution in [0.25, 0.3) is 10.9 Å². The van der Waals surface area contributed by atoms with Crippen LogP contribution in [0.1, 0.15) is 33.7 Å². The van der Waals surface area contributed by atoms with E-state index in [1.54, 1.807) is 6.21 Å². The number of hydrogen-bond acceptors (Lipinski definition) is 3. The lowest BCUT2D eigenvalue weighted by Crippen LogP contribution is -2.19. The average Bonchev–Trinajstić information content (AvgIpc) is 3.22. The summed E-state index contributed by atoms with van der Waals surface area (Å²) in [4.78, 5) is 15.3. The van der Waals surface area contributed by atoms with E-state index in [0.29, 0.717) is 5.69 Å². The Balaban J connectivity index is 1.51. The Morgan fingerprint density at radius 3 is 3.18 bits per heavy atom. The van der Waals surface area contributed by atoms with Gasteiger partial charge in [0, 0.05) is 33.9 Å². The van der Waals surface area contributed by atoms with Gasteiger partial charge >= 0.3 is 0 Å². The fourth-order valence-electron chi connectivity index (χ4n) is 2.92. The molecule has 0 spiro atoms. The molecule has 0 fully saturated rings. The summed E-state index contributed by atoms with van der Waals surface area (Å²) in [5.74, 6) is -0.268. The van der Waals surface area contributed by atoms with Crippen molar-refractivity contribution in [2.45, 2.75) is 19.3 Å². The molecule has 0 atom stereocenters. The number of fused-ring (bicyclic) bond motifs is 2. The van der Waals surface area contributed by atoms with Gasteiger partial charge in [0.2, 0.25) is 0 Å². The maximum atomic E-state index is 12.1. The number of para-hydroxylation sites is 1. The lowest BCUT2D eigenvalue weighted by molar-refractivity contribution is 0.0949. The number of nitrogens with one attached hydrogen (secondary N) is 3. The van der Waals surface area contributed by atoms with Crippen LogP contribution in [0.5, 0.6) is 0 Å². The number of rotatable bonds is 3. The van der Waals surface area contributed by atoms with Crippen LogP contribution in [0.3, 0.4) is 0 Å². The summed E-state index contributed by atoms with van der Waals surface area (Å²) in [5.41, 5.74) is 7.09. The second kappa shape index (κ2) is 5.14. The normalized spacial score (nSPS) is 13.8. The van der Waals surface area contributed by atoms with Crippen LogP contribution in [-0.2, 0) is 12.8 Å². The second-order valence-corrected chi connectivity index (χ2v) is 5.37. The molecule has 3 aromatic rings. The van der Waals surface area contributed by atoms with Crippen molar-refractivity contribution in [3.05, 3.63) is 53.0 Å². The lowest BCUT2D eigenvalue weighted by atomic mass is 10.2. The topological polar surface area (TPSA) is 85.9 Å². The zero-order valence-electron chi connectivity index (χ0n) is 11.9. The van der Waals surface area contributed by atoms with Crippen LogP contribution < -0.4 is 5.43 Å². The third-order valence-electron chi connectivity index (χ3n) is 4.01. The number of nitrogens with zero attached hydrogens (tertiary/aromatic N) is 2. The number of benzene rings is 1. The van der Waals surface area contributed by atoms with Crippen LogP contribution >= 0.6 is 0 Å². The molecule has 110 valence electrons. The highest BCUT2D eigenvalue weighted by atomic mass is 16.2. The van der Waals surface area contributed by atoms with E-state index in [9.17, 15) is 4.79 Å². The maximum absolute atomic E-state index is 12.1. The molecular formula is C16H15N5O. The molecule has 0 saturated heterocycles. The molecule has 0 aliphatic heterocycles. The molecule has 4 rings (SSSR count). The predicted octanol–water partition coefficient (Wildman–Crippen LogP) is 2.14. The van der Waals surface area contributed by atoms with Crippen molar-refractivity contribution >= 4 is 23.0 Å². The largest absolute Gasteiger partial charge is 0.361 e. The third-order valence-corrected chi connectivity index (χ3v) is 4.01. The molecule has 1 aromatic carbocycles. The number of carbonyl (C=O) groups is 1. The van der Waals surface area contributed by atoms with Crippen LogP contribution in [0, 0.1) is 0 Å². The minimum Gasteiger partial charge on any atom is -0.361 e. The van der Waals surface area contributed by atoms with Gasteiger partial charge in [0.15, 0.2) is 5.69 Å². The molecule has 0 saturated carbocycles. The van der Waals surface area contributed by atoms with Crippen molar-refractivity contribution in [3.63, 3.8) is 0 Å². The first-order chi connectivity index (χ1) is 10.8. The van der Waals surface area contributed by atoms with Gasteiger partial charge in [0.1, 0.15) is 0 Å². The highest BCUT2D eigenvalue weighted by Gasteiger charge is 2.22. The fraction of sp³-hybridized carbons (Fsp3) is 0.188.